The number of rotatable bonds is 7. The van der Waals surface area contributed by atoms with Gasteiger partial charge in [0.05, 0.1) is 60.4 Å². The molecule has 1 heterocycles. The monoisotopic (exact) mass is 666 g/mol. The second-order valence-electron chi connectivity index (χ2n) is 7.56. The van der Waals surface area contributed by atoms with Crippen LogP contribution in [0.15, 0.2) is 0 Å². The summed E-state index contributed by atoms with van der Waals surface area (Å²) in [6.45, 7) is 11.0. The predicted molar refractivity (Wildman–Crippen MR) is 106 cm³/mol. The number of hydrogen-bond donors (Lipinski definition) is 0. The van der Waals surface area contributed by atoms with Crippen LogP contribution < -0.4 is 48.0 Å². The Hall–Kier alpha value is 1.76. The molecule has 0 bridgehead atoms. The Bertz CT molecular complexity index is 585. The summed E-state index contributed by atoms with van der Waals surface area (Å²) in [5.41, 5.74) is 2.14. The Morgan fingerprint density at radius 2 is 1.23 bits per heavy atom. The van der Waals surface area contributed by atoms with Crippen LogP contribution in [0.3, 0.4) is 0 Å². The van der Waals surface area contributed by atoms with Gasteiger partial charge in [0.2, 0.25) is 0 Å². The SMILES string of the molecule is CC[N+](C)(CC)CCCC[N+]1(C)Cc2c(Cl)c(Cl)c(Cl)c(Cl)c2C1.[I-].[I-]. The highest BCUT2D eigenvalue weighted by atomic mass is 127. The van der Waals surface area contributed by atoms with Crippen LogP contribution in [-0.4, -0.2) is 49.2 Å². The molecular formula is C18H28Cl4I2N2. The van der Waals surface area contributed by atoms with Crippen LogP contribution >= 0.6 is 46.4 Å². The summed E-state index contributed by atoms with van der Waals surface area (Å²) in [5, 5.41) is 1.91. The van der Waals surface area contributed by atoms with Crippen LogP contribution in [0.5, 0.6) is 0 Å². The molecule has 0 radical (unpaired) electrons. The Balaban J connectivity index is 0.00000312. The van der Waals surface area contributed by atoms with Crippen LogP contribution in [0, 0.1) is 0 Å². The van der Waals surface area contributed by atoms with Crippen LogP contribution in [-0.2, 0) is 13.1 Å². The quantitative estimate of drug-likeness (QED) is 0.127. The maximum atomic E-state index is 6.41. The topological polar surface area (TPSA) is 0 Å². The molecule has 0 saturated heterocycles. The second kappa shape index (κ2) is 11.2. The van der Waals surface area contributed by atoms with Gasteiger partial charge in [0.25, 0.3) is 0 Å². The molecule has 0 aliphatic carbocycles. The van der Waals surface area contributed by atoms with E-state index in [-0.39, 0.29) is 48.0 Å². The van der Waals surface area contributed by atoms with E-state index >= 15 is 0 Å². The van der Waals surface area contributed by atoms with E-state index in [0.29, 0.717) is 20.1 Å². The van der Waals surface area contributed by atoms with Crippen molar-refractivity contribution in [2.24, 2.45) is 0 Å². The molecule has 8 heteroatoms. The van der Waals surface area contributed by atoms with Crippen molar-refractivity contribution >= 4 is 46.4 Å². The van der Waals surface area contributed by atoms with E-state index in [9.17, 15) is 0 Å². The summed E-state index contributed by atoms with van der Waals surface area (Å²) in [5.74, 6) is 0. The van der Waals surface area contributed by atoms with Gasteiger partial charge in [0.15, 0.2) is 0 Å². The lowest BCUT2D eigenvalue weighted by Gasteiger charge is -2.33. The number of hydrogen-bond acceptors (Lipinski definition) is 0. The first kappa shape index (κ1) is 27.8. The molecular weight excluding hydrogens is 640 g/mol. The van der Waals surface area contributed by atoms with Crippen molar-refractivity contribution < 1.29 is 56.9 Å². The van der Waals surface area contributed by atoms with E-state index in [1.165, 1.54) is 32.5 Å². The zero-order chi connectivity index (χ0) is 18.1. The molecule has 0 amide bonds. The highest BCUT2D eigenvalue weighted by Crippen LogP contribution is 2.46. The first-order valence-electron chi connectivity index (χ1n) is 8.67. The number of benzene rings is 1. The van der Waals surface area contributed by atoms with Crippen LogP contribution in [0.4, 0.5) is 0 Å². The normalized spacial score (nSPS) is 15.2. The molecule has 1 aromatic carbocycles. The smallest absolute Gasteiger partial charge is 0.106 e. The third kappa shape index (κ3) is 6.13. The van der Waals surface area contributed by atoms with Gasteiger partial charge in [-0.25, -0.2) is 0 Å². The fraction of sp³-hybridized carbons (Fsp3) is 0.667. The number of nitrogens with zero attached hydrogens (tertiary/aromatic N) is 2. The highest BCUT2D eigenvalue weighted by Gasteiger charge is 2.37. The molecule has 0 fully saturated rings. The average Bonchev–Trinajstić information content (AvgIpc) is 2.93. The van der Waals surface area contributed by atoms with Gasteiger partial charge in [-0.2, -0.15) is 0 Å². The van der Waals surface area contributed by atoms with E-state index in [1.807, 2.05) is 0 Å². The van der Waals surface area contributed by atoms with Crippen LogP contribution in [0.25, 0.3) is 0 Å². The molecule has 0 aromatic heterocycles. The number of quaternary nitrogens is 2. The third-order valence-electron chi connectivity index (χ3n) is 5.72. The maximum absolute atomic E-state index is 6.41. The molecule has 1 aliphatic heterocycles. The molecule has 0 atom stereocenters. The van der Waals surface area contributed by atoms with Crippen molar-refractivity contribution in [3.05, 3.63) is 31.2 Å². The summed E-state index contributed by atoms with van der Waals surface area (Å²) in [6, 6.07) is 0. The number of unbranched alkanes of at least 4 members (excludes halogenated alkanes) is 1. The van der Waals surface area contributed by atoms with E-state index in [0.717, 1.165) is 39.7 Å². The molecule has 2 rings (SSSR count). The molecule has 1 aliphatic rings. The van der Waals surface area contributed by atoms with E-state index in [4.69, 9.17) is 46.4 Å². The molecule has 0 N–H and O–H groups in total. The summed E-state index contributed by atoms with van der Waals surface area (Å²) >= 11 is 25.3. The lowest BCUT2D eigenvalue weighted by Crippen LogP contribution is -3.00. The van der Waals surface area contributed by atoms with Gasteiger partial charge < -0.3 is 56.9 Å². The van der Waals surface area contributed by atoms with Gasteiger partial charge in [0.1, 0.15) is 13.1 Å². The lowest BCUT2D eigenvalue weighted by molar-refractivity contribution is -0.930. The molecule has 152 valence electrons. The van der Waals surface area contributed by atoms with Crippen molar-refractivity contribution in [2.45, 2.75) is 39.8 Å². The van der Waals surface area contributed by atoms with Gasteiger partial charge >= 0.3 is 0 Å². The van der Waals surface area contributed by atoms with Crippen molar-refractivity contribution in [3.8, 4) is 0 Å². The Labute approximate surface area is 212 Å². The fourth-order valence-corrected chi connectivity index (χ4v) is 4.61. The predicted octanol–water partition coefficient (Wildman–Crippen LogP) is 0.0350. The van der Waals surface area contributed by atoms with Crippen molar-refractivity contribution in [1.29, 1.82) is 0 Å². The Kier molecular flexibility index (Phi) is 12.0. The molecule has 2 nitrogen and oxygen atoms in total. The molecule has 0 spiro atoms. The van der Waals surface area contributed by atoms with E-state index < -0.39 is 0 Å². The summed E-state index contributed by atoms with van der Waals surface area (Å²) in [7, 11) is 4.60. The van der Waals surface area contributed by atoms with Crippen molar-refractivity contribution in [3.63, 3.8) is 0 Å². The van der Waals surface area contributed by atoms with Gasteiger partial charge in [0, 0.05) is 24.0 Å². The van der Waals surface area contributed by atoms with E-state index in [2.05, 4.69) is 27.9 Å². The molecule has 26 heavy (non-hydrogen) atoms. The fourth-order valence-electron chi connectivity index (χ4n) is 3.56. The van der Waals surface area contributed by atoms with Gasteiger partial charge in [-0.1, -0.05) is 46.4 Å². The third-order valence-corrected chi connectivity index (χ3v) is 7.61. The summed E-state index contributed by atoms with van der Waals surface area (Å²) < 4.78 is 2.07. The average molecular weight is 668 g/mol. The minimum atomic E-state index is 0. The van der Waals surface area contributed by atoms with E-state index in [1.54, 1.807) is 0 Å². The van der Waals surface area contributed by atoms with Crippen molar-refractivity contribution in [1.82, 2.24) is 0 Å². The molecule has 0 saturated carbocycles. The number of fused-ring (bicyclic) bond motifs is 1. The highest BCUT2D eigenvalue weighted by molar-refractivity contribution is 6.52. The second-order valence-corrected chi connectivity index (χ2v) is 9.07. The van der Waals surface area contributed by atoms with Gasteiger partial charge in [-0.15, -0.1) is 0 Å². The first-order valence-corrected chi connectivity index (χ1v) is 10.2. The van der Waals surface area contributed by atoms with Gasteiger partial charge in [-0.3, -0.25) is 0 Å². The maximum Gasteiger partial charge on any atom is 0.106 e. The molecule has 1 aromatic rings. The minimum Gasteiger partial charge on any atom is -1.00 e. The van der Waals surface area contributed by atoms with Crippen LogP contribution in [0.2, 0.25) is 20.1 Å². The zero-order valence-electron chi connectivity index (χ0n) is 15.8. The summed E-state index contributed by atoms with van der Waals surface area (Å²) in [6.07, 6.45) is 2.44. The Morgan fingerprint density at radius 1 is 0.808 bits per heavy atom. The largest absolute Gasteiger partial charge is 1.00 e. The van der Waals surface area contributed by atoms with Crippen molar-refractivity contribution in [2.75, 3.05) is 40.3 Å². The Morgan fingerprint density at radius 3 is 1.62 bits per heavy atom. The van der Waals surface area contributed by atoms with Gasteiger partial charge in [-0.05, 0) is 13.8 Å². The zero-order valence-corrected chi connectivity index (χ0v) is 23.2. The standard InChI is InChI=1S/C18H28Cl4N2.2HI/c1-5-23(3,6-2)9-7-8-10-24(4)11-13-14(12-24)16(20)18(22)17(21)15(13)19;;/h5-12H2,1-4H3;2*1H/q+2;;/p-2. The molecule has 0 unspecified atom stereocenters. The number of halogens is 6. The first-order chi connectivity index (χ1) is 11.2. The van der Waals surface area contributed by atoms with Crippen LogP contribution in [0.1, 0.15) is 37.8 Å². The summed E-state index contributed by atoms with van der Waals surface area (Å²) in [4.78, 5) is 0. The minimum absolute atomic E-state index is 0. The lowest BCUT2D eigenvalue weighted by atomic mass is 10.1.